The number of aryl methyl sites for hydroxylation is 1. The Hall–Kier alpha value is -2.38. The monoisotopic (exact) mass is 370 g/mol. The van der Waals surface area contributed by atoms with Crippen LogP contribution in [0.5, 0.6) is 0 Å². The van der Waals surface area contributed by atoms with Gasteiger partial charge in [0.15, 0.2) is 0 Å². The van der Waals surface area contributed by atoms with Crippen LogP contribution in [0, 0.1) is 6.92 Å². The highest BCUT2D eigenvalue weighted by molar-refractivity contribution is 5.74. The van der Waals surface area contributed by atoms with Crippen LogP contribution in [-0.2, 0) is 4.74 Å². The summed E-state index contributed by atoms with van der Waals surface area (Å²) in [6.45, 7) is 7.22. The zero-order valence-corrected chi connectivity index (χ0v) is 16.5. The summed E-state index contributed by atoms with van der Waals surface area (Å²) in [7, 11) is 4.16. The summed E-state index contributed by atoms with van der Waals surface area (Å²) in [6.07, 6.45) is 1.05. The number of rotatable bonds is 8. The molecule has 1 aromatic carbocycles. The highest BCUT2D eigenvalue weighted by atomic mass is 16.5. The number of nitrogens with one attached hydrogen (secondary N) is 2. The normalized spacial score (nSPS) is 14.4. The number of benzene rings is 1. The number of nitrogens with zero attached hydrogens (tertiary/aromatic N) is 4. The van der Waals surface area contributed by atoms with Crippen LogP contribution in [0.2, 0.25) is 0 Å². The minimum atomic E-state index is 0.667. The number of hydrogen-bond donors (Lipinski definition) is 2. The fourth-order valence-electron chi connectivity index (χ4n) is 3.10. The summed E-state index contributed by atoms with van der Waals surface area (Å²) in [5, 5.41) is 6.81. The molecule has 1 aliphatic heterocycles. The first-order valence-corrected chi connectivity index (χ1v) is 9.55. The molecule has 0 spiro atoms. The van der Waals surface area contributed by atoms with Gasteiger partial charge in [-0.25, -0.2) is 4.98 Å². The lowest BCUT2D eigenvalue weighted by molar-refractivity contribution is 0.123. The summed E-state index contributed by atoms with van der Waals surface area (Å²) < 4.78 is 5.48. The molecule has 2 aromatic rings. The van der Waals surface area contributed by atoms with E-state index >= 15 is 0 Å². The van der Waals surface area contributed by atoms with Crippen LogP contribution in [0.15, 0.2) is 30.3 Å². The van der Waals surface area contributed by atoms with Crippen molar-refractivity contribution in [2.24, 2.45) is 0 Å². The van der Waals surface area contributed by atoms with Crippen LogP contribution >= 0.6 is 0 Å². The van der Waals surface area contributed by atoms with E-state index < -0.39 is 0 Å². The van der Waals surface area contributed by atoms with Crippen molar-refractivity contribution in [2.45, 2.75) is 13.3 Å². The Labute approximate surface area is 161 Å². The predicted molar refractivity (Wildman–Crippen MR) is 111 cm³/mol. The molecule has 0 bridgehead atoms. The van der Waals surface area contributed by atoms with Gasteiger partial charge >= 0.3 is 0 Å². The minimum Gasteiger partial charge on any atom is -0.378 e. The molecule has 2 N–H and O–H groups in total. The van der Waals surface area contributed by atoms with Crippen molar-refractivity contribution in [1.29, 1.82) is 0 Å². The molecule has 0 saturated carbocycles. The van der Waals surface area contributed by atoms with Crippen molar-refractivity contribution >= 4 is 23.1 Å². The molecular weight excluding hydrogens is 340 g/mol. The van der Waals surface area contributed by atoms with E-state index in [-0.39, 0.29) is 0 Å². The average Bonchev–Trinajstić information content (AvgIpc) is 2.66. The molecule has 2 heterocycles. The maximum absolute atomic E-state index is 5.48. The van der Waals surface area contributed by atoms with Crippen molar-refractivity contribution in [2.75, 3.05) is 69.0 Å². The predicted octanol–water partition coefficient (Wildman–Crippen LogP) is 2.73. The average molecular weight is 371 g/mol. The molecule has 0 atom stereocenters. The summed E-state index contributed by atoms with van der Waals surface area (Å²) >= 11 is 0. The first kappa shape index (κ1) is 19.4. The van der Waals surface area contributed by atoms with E-state index in [1.165, 1.54) is 5.69 Å². The van der Waals surface area contributed by atoms with Crippen molar-refractivity contribution in [3.8, 4) is 0 Å². The van der Waals surface area contributed by atoms with Crippen LogP contribution in [0.25, 0.3) is 0 Å². The van der Waals surface area contributed by atoms with Gasteiger partial charge in [-0.1, -0.05) is 12.1 Å². The van der Waals surface area contributed by atoms with Gasteiger partial charge in [-0.05, 0) is 46.1 Å². The molecule has 1 saturated heterocycles. The molecule has 1 aromatic heterocycles. The van der Waals surface area contributed by atoms with Gasteiger partial charge in [-0.15, -0.1) is 0 Å². The van der Waals surface area contributed by atoms with Crippen LogP contribution in [-0.4, -0.2) is 68.4 Å². The standard InChI is InChI=1S/C20H30N6O/c1-16-15-19(24-20(22-16)21-9-6-10-25(2)3)23-17-7-4-5-8-18(17)26-11-13-27-14-12-26/h4-5,7-8,15H,6,9-14H2,1-3H3,(H2,21,22,23,24). The lowest BCUT2D eigenvalue weighted by Crippen LogP contribution is -2.36. The molecule has 0 aliphatic carbocycles. The van der Waals surface area contributed by atoms with Crippen molar-refractivity contribution in [3.63, 3.8) is 0 Å². The molecule has 0 radical (unpaired) electrons. The van der Waals surface area contributed by atoms with Gasteiger partial charge in [0.25, 0.3) is 0 Å². The summed E-state index contributed by atoms with van der Waals surface area (Å²) in [5.74, 6) is 1.47. The van der Waals surface area contributed by atoms with E-state index in [0.717, 1.165) is 63.0 Å². The third-order valence-corrected chi connectivity index (χ3v) is 4.44. The van der Waals surface area contributed by atoms with Gasteiger partial charge in [0.2, 0.25) is 5.95 Å². The second-order valence-corrected chi connectivity index (χ2v) is 7.04. The summed E-state index contributed by atoms with van der Waals surface area (Å²) in [4.78, 5) is 13.7. The van der Waals surface area contributed by atoms with Crippen LogP contribution in [0.4, 0.5) is 23.1 Å². The van der Waals surface area contributed by atoms with Crippen LogP contribution in [0.1, 0.15) is 12.1 Å². The lowest BCUT2D eigenvalue weighted by atomic mass is 10.2. The van der Waals surface area contributed by atoms with Gasteiger partial charge in [-0.3, -0.25) is 0 Å². The third kappa shape index (κ3) is 5.80. The first-order valence-electron chi connectivity index (χ1n) is 9.55. The Kier molecular flexibility index (Phi) is 6.84. The van der Waals surface area contributed by atoms with Crippen molar-refractivity contribution < 1.29 is 4.74 Å². The lowest BCUT2D eigenvalue weighted by Gasteiger charge is -2.30. The third-order valence-electron chi connectivity index (χ3n) is 4.44. The fraction of sp³-hybridized carbons (Fsp3) is 0.500. The van der Waals surface area contributed by atoms with Gasteiger partial charge < -0.3 is 25.2 Å². The Morgan fingerprint density at radius 3 is 2.70 bits per heavy atom. The van der Waals surface area contributed by atoms with Gasteiger partial charge in [0, 0.05) is 31.4 Å². The zero-order valence-electron chi connectivity index (χ0n) is 16.5. The second-order valence-electron chi connectivity index (χ2n) is 7.04. The van der Waals surface area contributed by atoms with Crippen molar-refractivity contribution in [3.05, 3.63) is 36.0 Å². The highest BCUT2D eigenvalue weighted by Crippen LogP contribution is 2.29. The van der Waals surface area contributed by atoms with Crippen LogP contribution in [0.3, 0.4) is 0 Å². The minimum absolute atomic E-state index is 0.667. The molecule has 7 nitrogen and oxygen atoms in total. The molecule has 1 fully saturated rings. The molecule has 1 aliphatic rings. The molecule has 27 heavy (non-hydrogen) atoms. The Bertz CT molecular complexity index is 730. The Balaban J connectivity index is 1.70. The summed E-state index contributed by atoms with van der Waals surface area (Å²) in [5.41, 5.74) is 3.17. The van der Waals surface area contributed by atoms with E-state index in [1.807, 2.05) is 19.1 Å². The molecule has 0 amide bonds. The smallest absolute Gasteiger partial charge is 0.224 e. The second kappa shape index (κ2) is 9.53. The number of para-hydroxylation sites is 2. The maximum atomic E-state index is 5.48. The number of hydrogen-bond acceptors (Lipinski definition) is 7. The topological polar surface area (TPSA) is 65.6 Å². The number of ether oxygens (including phenoxy) is 1. The van der Waals surface area contributed by atoms with E-state index in [0.29, 0.717) is 5.95 Å². The molecule has 3 rings (SSSR count). The highest BCUT2D eigenvalue weighted by Gasteiger charge is 2.15. The first-order chi connectivity index (χ1) is 13.1. The Morgan fingerprint density at radius 1 is 1.15 bits per heavy atom. The molecule has 146 valence electrons. The van der Waals surface area contributed by atoms with E-state index in [9.17, 15) is 0 Å². The quantitative estimate of drug-likeness (QED) is 0.693. The van der Waals surface area contributed by atoms with Crippen LogP contribution < -0.4 is 15.5 Å². The number of morpholine rings is 1. The van der Waals surface area contributed by atoms with E-state index in [1.54, 1.807) is 0 Å². The summed E-state index contributed by atoms with van der Waals surface area (Å²) in [6, 6.07) is 10.3. The van der Waals surface area contributed by atoms with Crippen molar-refractivity contribution in [1.82, 2.24) is 14.9 Å². The van der Waals surface area contributed by atoms with Gasteiger partial charge in [0.1, 0.15) is 5.82 Å². The zero-order chi connectivity index (χ0) is 19.1. The molecule has 0 unspecified atom stereocenters. The van der Waals surface area contributed by atoms with Gasteiger partial charge in [-0.2, -0.15) is 4.98 Å². The SMILES string of the molecule is Cc1cc(Nc2ccccc2N2CCOCC2)nc(NCCCN(C)C)n1. The number of anilines is 4. The Morgan fingerprint density at radius 2 is 1.93 bits per heavy atom. The maximum Gasteiger partial charge on any atom is 0.224 e. The number of aromatic nitrogens is 2. The van der Waals surface area contributed by atoms with E-state index in [4.69, 9.17) is 4.74 Å². The van der Waals surface area contributed by atoms with E-state index in [2.05, 4.69) is 62.7 Å². The van der Waals surface area contributed by atoms with Gasteiger partial charge in [0.05, 0.1) is 24.6 Å². The molecule has 7 heteroatoms. The molecular formula is C20H30N6O. The largest absolute Gasteiger partial charge is 0.378 e. The fourth-order valence-corrected chi connectivity index (χ4v) is 3.10.